The van der Waals surface area contributed by atoms with E-state index in [2.05, 4.69) is 45.9 Å². The lowest BCUT2D eigenvalue weighted by Gasteiger charge is -2.46. The van der Waals surface area contributed by atoms with Gasteiger partial charge in [0.25, 0.3) is 0 Å². The Labute approximate surface area is 105 Å². The second-order valence-corrected chi connectivity index (χ2v) is 5.98. The van der Waals surface area contributed by atoms with Crippen molar-refractivity contribution < 1.29 is 0 Å². The molecule has 1 heteroatoms. The summed E-state index contributed by atoms with van der Waals surface area (Å²) < 4.78 is 0. The van der Waals surface area contributed by atoms with Crippen molar-refractivity contribution in [3.8, 4) is 0 Å². The van der Waals surface area contributed by atoms with Crippen molar-refractivity contribution in [3.63, 3.8) is 0 Å². The summed E-state index contributed by atoms with van der Waals surface area (Å²) in [6.07, 6.45) is 10.6. The third kappa shape index (κ3) is 1.96. The first-order chi connectivity index (χ1) is 7.99. The molecule has 3 atom stereocenters. The Bertz CT molecular complexity index is 400. The second-order valence-electron chi connectivity index (χ2n) is 5.98. The zero-order valence-corrected chi connectivity index (χ0v) is 11.6. The van der Waals surface area contributed by atoms with E-state index in [1.165, 1.54) is 30.4 Å². The minimum Gasteiger partial charge on any atom is -0.399 e. The average molecular weight is 231 g/mol. The second kappa shape index (κ2) is 4.36. The molecule has 2 rings (SSSR count). The van der Waals surface area contributed by atoms with Gasteiger partial charge in [0, 0.05) is 11.6 Å². The van der Waals surface area contributed by atoms with Crippen LogP contribution >= 0.6 is 0 Å². The quantitative estimate of drug-likeness (QED) is 0.673. The van der Waals surface area contributed by atoms with E-state index in [-0.39, 0.29) is 5.41 Å². The van der Waals surface area contributed by atoms with E-state index < -0.39 is 0 Å². The van der Waals surface area contributed by atoms with Crippen molar-refractivity contribution in [2.45, 2.75) is 47.0 Å². The summed E-state index contributed by atoms with van der Waals surface area (Å²) in [5, 5.41) is 0. The Hall–Kier alpha value is -0.980. The molecule has 3 unspecified atom stereocenters. The Morgan fingerprint density at radius 1 is 1.53 bits per heavy atom. The summed E-state index contributed by atoms with van der Waals surface area (Å²) in [5.74, 6) is 1.27. The summed E-state index contributed by atoms with van der Waals surface area (Å²) in [6, 6.07) is 0. The van der Waals surface area contributed by atoms with Crippen molar-refractivity contribution in [1.29, 1.82) is 0 Å². The number of fused-ring (bicyclic) bond motifs is 1. The van der Waals surface area contributed by atoms with Crippen LogP contribution in [-0.2, 0) is 0 Å². The molecule has 0 saturated carbocycles. The minimum atomic E-state index is 0.284. The molecule has 94 valence electrons. The van der Waals surface area contributed by atoms with E-state index >= 15 is 0 Å². The number of nitrogens with two attached hydrogens (primary N) is 1. The lowest BCUT2D eigenvalue weighted by atomic mass is 9.59. The maximum atomic E-state index is 6.29. The molecule has 0 radical (unpaired) electrons. The monoisotopic (exact) mass is 231 g/mol. The third-order valence-corrected chi connectivity index (χ3v) is 5.03. The molecule has 0 aliphatic heterocycles. The van der Waals surface area contributed by atoms with Gasteiger partial charge in [-0.2, -0.15) is 0 Å². The van der Waals surface area contributed by atoms with Gasteiger partial charge in [-0.3, -0.25) is 0 Å². The summed E-state index contributed by atoms with van der Waals surface area (Å²) in [6.45, 7) is 9.13. The van der Waals surface area contributed by atoms with Gasteiger partial charge in [0.05, 0.1) is 0 Å². The van der Waals surface area contributed by atoms with Crippen LogP contribution in [0.3, 0.4) is 0 Å². The first kappa shape index (κ1) is 12.5. The zero-order valence-electron chi connectivity index (χ0n) is 11.6. The number of hydrogen-bond donors (Lipinski definition) is 1. The van der Waals surface area contributed by atoms with Crippen LogP contribution in [0.4, 0.5) is 0 Å². The Morgan fingerprint density at radius 2 is 2.24 bits per heavy atom. The van der Waals surface area contributed by atoms with Crippen LogP contribution < -0.4 is 5.73 Å². The fourth-order valence-corrected chi connectivity index (χ4v) is 3.38. The largest absolute Gasteiger partial charge is 0.399 e. The molecule has 0 amide bonds. The summed E-state index contributed by atoms with van der Waals surface area (Å²) in [5.41, 5.74) is 10.5. The summed E-state index contributed by atoms with van der Waals surface area (Å²) >= 11 is 0. The maximum Gasteiger partial charge on any atom is 0.0314 e. The summed E-state index contributed by atoms with van der Waals surface area (Å²) in [4.78, 5) is 0. The third-order valence-electron chi connectivity index (χ3n) is 5.03. The van der Waals surface area contributed by atoms with E-state index in [0.29, 0.717) is 5.92 Å². The average Bonchev–Trinajstić information content (AvgIpc) is 2.30. The van der Waals surface area contributed by atoms with Gasteiger partial charge in [-0.15, -0.1) is 0 Å². The highest BCUT2D eigenvalue weighted by molar-refractivity contribution is 5.41. The van der Waals surface area contributed by atoms with Gasteiger partial charge in [0.2, 0.25) is 0 Å². The Kier molecular flexibility index (Phi) is 3.20. The molecule has 2 aliphatic carbocycles. The van der Waals surface area contributed by atoms with Crippen LogP contribution in [0.1, 0.15) is 47.0 Å². The topological polar surface area (TPSA) is 26.0 Å². The SMILES string of the molecule is CC=C(C)C1C=C(N)C2=CCCC(C)C2(C)C1. The molecular weight excluding hydrogens is 206 g/mol. The standard InChI is InChI=1S/C16H25N/c1-5-11(2)13-9-15(17)14-8-6-7-12(3)16(14,4)10-13/h5,8-9,12-13H,6-7,10,17H2,1-4H3. The van der Waals surface area contributed by atoms with Crippen LogP contribution in [0.2, 0.25) is 0 Å². The van der Waals surface area contributed by atoms with Gasteiger partial charge in [0.1, 0.15) is 0 Å². The lowest BCUT2D eigenvalue weighted by Crippen LogP contribution is -2.38. The molecule has 17 heavy (non-hydrogen) atoms. The van der Waals surface area contributed by atoms with Gasteiger partial charge in [-0.1, -0.05) is 37.6 Å². The molecule has 0 saturated heterocycles. The summed E-state index contributed by atoms with van der Waals surface area (Å²) in [7, 11) is 0. The molecule has 0 heterocycles. The van der Waals surface area contributed by atoms with Gasteiger partial charge in [-0.05, 0) is 50.0 Å². The van der Waals surface area contributed by atoms with Crippen LogP contribution in [0.15, 0.2) is 35.1 Å². The highest BCUT2D eigenvalue weighted by Crippen LogP contribution is 2.52. The first-order valence-electron chi connectivity index (χ1n) is 6.80. The predicted molar refractivity (Wildman–Crippen MR) is 74.4 cm³/mol. The van der Waals surface area contributed by atoms with E-state index in [1.54, 1.807) is 0 Å². The van der Waals surface area contributed by atoms with Crippen molar-refractivity contribution >= 4 is 0 Å². The zero-order chi connectivity index (χ0) is 12.6. The molecule has 2 aliphatic rings. The Morgan fingerprint density at radius 3 is 2.88 bits per heavy atom. The molecule has 0 aromatic rings. The molecule has 0 spiro atoms. The van der Waals surface area contributed by atoms with Gasteiger partial charge < -0.3 is 5.73 Å². The van der Waals surface area contributed by atoms with Gasteiger partial charge in [0.15, 0.2) is 0 Å². The predicted octanol–water partition coefficient (Wildman–Crippen LogP) is 4.18. The van der Waals surface area contributed by atoms with Crippen molar-refractivity contribution in [1.82, 2.24) is 0 Å². The van der Waals surface area contributed by atoms with Crippen LogP contribution in [0, 0.1) is 17.3 Å². The fraction of sp³-hybridized carbons (Fsp3) is 0.625. The number of rotatable bonds is 1. The van der Waals surface area contributed by atoms with Gasteiger partial charge >= 0.3 is 0 Å². The molecule has 1 nitrogen and oxygen atoms in total. The van der Waals surface area contributed by atoms with Crippen molar-refractivity contribution in [3.05, 3.63) is 35.1 Å². The molecule has 0 aromatic carbocycles. The number of hydrogen-bond acceptors (Lipinski definition) is 1. The Balaban J connectivity index is 2.42. The smallest absolute Gasteiger partial charge is 0.0314 e. The van der Waals surface area contributed by atoms with Crippen molar-refractivity contribution in [2.75, 3.05) is 0 Å². The molecular formula is C16H25N. The normalized spacial score (nSPS) is 38.2. The maximum absolute atomic E-state index is 6.29. The first-order valence-corrected chi connectivity index (χ1v) is 6.80. The minimum absolute atomic E-state index is 0.284. The molecule has 2 N–H and O–H groups in total. The highest BCUT2D eigenvalue weighted by atomic mass is 14.6. The van der Waals surface area contributed by atoms with Crippen LogP contribution in [0.25, 0.3) is 0 Å². The van der Waals surface area contributed by atoms with Crippen LogP contribution in [-0.4, -0.2) is 0 Å². The molecule has 0 aromatic heterocycles. The van der Waals surface area contributed by atoms with Crippen LogP contribution in [0.5, 0.6) is 0 Å². The fourth-order valence-electron chi connectivity index (χ4n) is 3.38. The van der Waals surface area contributed by atoms with E-state index in [0.717, 1.165) is 11.6 Å². The lowest BCUT2D eigenvalue weighted by molar-refractivity contribution is 0.191. The van der Waals surface area contributed by atoms with Crippen molar-refractivity contribution in [2.24, 2.45) is 23.0 Å². The highest BCUT2D eigenvalue weighted by Gasteiger charge is 2.42. The van der Waals surface area contributed by atoms with E-state index in [4.69, 9.17) is 5.73 Å². The van der Waals surface area contributed by atoms with E-state index in [1.807, 2.05) is 0 Å². The molecule has 0 fully saturated rings. The van der Waals surface area contributed by atoms with Gasteiger partial charge in [-0.25, -0.2) is 0 Å². The van der Waals surface area contributed by atoms with E-state index in [9.17, 15) is 0 Å². The molecule has 0 bridgehead atoms. The number of allylic oxidation sites excluding steroid dienone is 5.